The van der Waals surface area contributed by atoms with Crippen LogP contribution in [0.15, 0.2) is 72.9 Å². The fourth-order valence-corrected chi connectivity index (χ4v) is 9.30. The van der Waals surface area contributed by atoms with Crippen molar-refractivity contribution in [3.05, 3.63) is 72.9 Å². The summed E-state index contributed by atoms with van der Waals surface area (Å²) in [6, 6.07) is -0.809. The molecule has 0 aromatic heterocycles. The van der Waals surface area contributed by atoms with Gasteiger partial charge in [0.1, 0.15) is 24.4 Å². The molecule has 1 heterocycles. The van der Waals surface area contributed by atoms with Gasteiger partial charge in [-0.05, 0) is 64.2 Å². The summed E-state index contributed by atoms with van der Waals surface area (Å²) in [5.41, 5.74) is 0. The zero-order valence-corrected chi connectivity index (χ0v) is 46.4. The third-order valence-corrected chi connectivity index (χ3v) is 14.0. The second-order valence-electron chi connectivity index (χ2n) is 20.8. The molecule has 0 aliphatic carbocycles. The van der Waals surface area contributed by atoms with Crippen LogP contribution in [0.25, 0.3) is 0 Å². The van der Waals surface area contributed by atoms with Gasteiger partial charge in [0.25, 0.3) is 0 Å². The van der Waals surface area contributed by atoms with Crippen molar-refractivity contribution in [1.82, 2.24) is 5.32 Å². The van der Waals surface area contributed by atoms with Gasteiger partial charge in [-0.15, -0.1) is 0 Å². The second-order valence-corrected chi connectivity index (χ2v) is 20.8. The molecule has 0 saturated carbocycles. The van der Waals surface area contributed by atoms with Gasteiger partial charge in [-0.25, -0.2) is 0 Å². The van der Waals surface area contributed by atoms with Crippen molar-refractivity contribution in [2.24, 2.45) is 0 Å². The van der Waals surface area contributed by atoms with E-state index in [1.807, 2.05) is 6.08 Å². The monoisotopic (exact) mass is 1010 g/mol. The zero-order valence-electron chi connectivity index (χ0n) is 46.4. The maximum absolute atomic E-state index is 13.1. The first-order valence-electron chi connectivity index (χ1n) is 30.2. The number of aliphatic hydroxyl groups is 5. The molecule has 72 heavy (non-hydrogen) atoms. The van der Waals surface area contributed by atoms with Crippen LogP contribution in [0, 0.1) is 0 Å². The Kier molecular flexibility index (Phi) is 48.9. The summed E-state index contributed by atoms with van der Waals surface area (Å²) in [4.78, 5) is 13.1. The minimum atomic E-state index is -1.57. The van der Waals surface area contributed by atoms with Crippen molar-refractivity contribution < 1.29 is 39.8 Å². The van der Waals surface area contributed by atoms with Gasteiger partial charge in [-0.2, -0.15) is 0 Å². The highest BCUT2D eigenvalue weighted by Gasteiger charge is 2.44. The number of nitrogens with one attached hydrogen (secondary N) is 1. The molecule has 1 aliphatic rings. The third-order valence-electron chi connectivity index (χ3n) is 14.0. The standard InChI is InChI=1S/C63H113NO8/c1-3-5-7-9-11-13-15-17-19-21-23-25-26-27-28-29-30-31-32-33-35-37-39-41-43-45-47-49-51-53-59(67)64-56(55-71-63-62(70)61(69)60(68)58(54-65)72-63)57(66)52-50-48-46-44-42-40-38-36-34-24-22-20-18-16-14-12-10-8-6-4-2/h5,7,11,13,17,19,23,25,27-28,50,52,56-58,60-63,65-66,68-70H,3-4,6,8-10,12,14-16,18,20-22,24,26,29-49,51,53-55H2,1-2H3,(H,64,67)/b7-5-,13-11-,19-17-,25-23-,28-27-,52-50+. The smallest absolute Gasteiger partial charge is 0.220 e. The Bertz CT molecular complexity index is 1360. The first kappa shape index (κ1) is 67.6. The van der Waals surface area contributed by atoms with Gasteiger partial charge < -0.3 is 40.3 Å². The first-order valence-corrected chi connectivity index (χ1v) is 30.2. The number of ether oxygens (including phenoxy) is 2. The van der Waals surface area contributed by atoms with E-state index in [0.717, 1.165) is 70.6 Å². The van der Waals surface area contributed by atoms with Crippen molar-refractivity contribution in [3.8, 4) is 0 Å². The van der Waals surface area contributed by atoms with E-state index < -0.39 is 49.5 Å². The predicted molar refractivity (Wildman–Crippen MR) is 304 cm³/mol. The van der Waals surface area contributed by atoms with E-state index in [4.69, 9.17) is 9.47 Å². The van der Waals surface area contributed by atoms with Crippen LogP contribution < -0.4 is 5.32 Å². The highest BCUT2D eigenvalue weighted by molar-refractivity contribution is 5.76. The lowest BCUT2D eigenvalue weighted by Crippen LogP contribution is -2.60. The van der Waals surface area contributed by atoms with E-state index in [-0.39, 0.29) is 12.5 Å². The second kappa shape index (κ2) is 52.1. The highest BCUT2D eigenvalue weighted by atomic mass is 16.7. The van der Waals surface area contributed by atoms with Gasteiger partial charge in [0.05, 0.1) is 25.4 Å². The lowest BCUT2D eigenvalue weighted by Gasteiger charge is -2.40. The molecule has 6 N–H and O–H groups in total. The maximum atomic E-state index is 13.1. The van der Waals surface area contributed by atoms with Crippen LogP contribution in [-0.2, 0) is 14.3 Å². The number of hydrogen-bond donors (Lipinski definition) is 6. The summed E-state index contributed by atoms with van der Waals surface area (Å²) in [6.45, 7) is 3.69. The SMILES string of the molecule is CC/C=C\C/C=C\C/C=C\C/C=C\C/C=C\CCCCCCCCCCCCCCCC(=O)NC(COC1OC(CO)C(O)C(O)C1O)C(O)/C=C/CCCCCCCCCCCCCCCCCCCC. The molecule has 9 heteroatoms. The molecule has 0 aromatic rings. The summed E-state index contributed by atoms with van der Waals surface area (Å²) in [7, 11) is 0. The molecule has 7 atom stereocenters. The first-order chi connectivity index (χ1) is 35.3. The van der Waals surface area contributed by atoms with E-state index in [0.29, 0.717) is 6.42 Å². The summed E-state index contributed by atoms with van der Waals surface area (Å²) in [6.07, 6.45) is 65.4. The Balaban J connectivity index is 2.20. The Labute approximate surface area is 442 Å². The quantitative estimate of drug-likeness (QED) is 0.0261. The number of carbonyl (C=O) groups is 1. The summed E-state index contributed by atoms with van der Waals surface area (Å²) in [5.74, 6) is -0.178. The number of allylic oxidation sites excluding steroid dienone is 11. The molecule has 0 aromatic carbocycles. The van der Waals surface area contributed by atoms with Crippen molar-refractivity contribution in [2.45, 2.75) is 307 Å². The normalized spacial score (nSPS) is 19.7. The molecular weight excluding hydrogens is 899 g/mol. The van der Waals surface area contributed by atoms with Crippen LogP contribution in [0.4, 0.5) is 0 Å². The van der Waals surface area contributed by atoms with Gasteiger partial charge >= 0.3 is 0 Å². The lowest BCUT2D eigenvalue weighted by molar-refractivity contribution is -0.302. The van der Waals surface area contributed by atoms with E-state index in [9.17, 15) is 30.3 Å². The van der Waals surface area contributed by atoms with Gasteiger partial charge in [0, 0.05) is 6.42 Å². The van der Waals surface area contributed by atoms with Crippen LogP contribution in [-0.4, -0.2) is 87.5 Å². The Hall–Kier alpha value is -2.37. The van der Waals surface area contributed by atoms with Gasteiger partial charge in [0.2, 0.25) is 5.91 Å². The van der Waals surface area contributed by atoms with Crippen LogP contribution in [0.3, 0.4) is 0 Å². The number of aliphatic hydroxyl groups excluding tert-OH is 5. The molecule has 0 spiro atoms. The summed E-state index contributed by atoms with van der Waals surface area (Å²) < 4.78 is 11.3. The molecule has 7 unspecified atom stereocenters. The minimum absolute atomic E-state index is 0.178. The lowest BCUT2D eigenvalue weighted by atomic mass is 9.99. The van der Waals surface area contributed by atoms with E-state index in [1.165, 1.54) is 173 Å². The largest absolute Gasteiger partial charge is 0.394 e. The topological polar surface area (TPSA) is 149 Å². The Morgan fingerprint density at radius 3 is 1.28 bits per heavy atom. The average Bonchev–Trinajstić information content (AvgIpc) is 3.38. The van der Waals surface area contributed by atoms with Crippen molar-refractivity contribution >= 4 is 5.91 Å². The van der Waals surface area contributed by atoms with Gasteiger partial charge in [0.15, 0.2) is 6.29 Å². The van der Waals surface area contributed by atoms with Crippen molar-refractivity contribution in [3.63, 3.8) is 0 Å². The third kappa shape index (κ3) is 40.9. The molecule has 418 valence electrons. The molecule has 1 fully saturated rings. The maximum Gasteiger partial charge on any atom is 0.220 e. The van der Waals surface area contributed by atoms with E-state index in [2.05, 4.69) is 79.9 Å². The molecule has 1 amide bonds. The van der Waals surface area contributed by atoms with Gasteiger partial charge in [-0.1, -0.05) is 267 Å². The number of carbonyl (C=O) groups excluding carboxylic acids is 1. The van der Waals surface area contributed by atoms with Crippen molar-refractivity contribution in [2.75, 3.05) is 13.2 Å². The number of rotatable bonds is 51. The Morgan fingerprint density at radius 2 is 0.861 bits per heavy atom. The van der Waals surface area contributed by atoms with Crippen LogP contribution in [0.1, 0.15) is 264 Å². The minimum Gasteiger partial charge on any atom is -0.394 e. The van der Waals surface area contributed by atoms with Gasteiger partial charge in [-0.3, -0.25) is 4.79 Å². The average molecular weight is 1010 g/mol. The number of amides is 1. The van der Waals surface area contributed by atoms with E-state index >= 15 is 0 Å². The van der Waals surface area contributed by atoms with E-state index in [1.54, 1.807) is 6.08 Å². The van der Waals surface area contributed by atoms with Crippen LogP contribution in [0.5, 0.6) is 0 Å². The zero-order chi connectivity index (χ0) is 52.2. The molecule has 1 aliphatic heterocycles. The van der Waals surface area contributed by atoms with Crippen LogP contribution >= 0.6 is 0 Å². The Morgan fingerprint density at radius 1 is 0.486 bits per heavy atom. The fourth-order valence-electron chi connectivity index (χ4n) is 9.30. The molecule has 1 saturated heterocycles. The molecule has 1 rings (SSSR count). The van der Waals surface area contributed by atoms with Crippen LogP contribution in [0.2, 0.25) is 0 Å². The molecule has 0 bridgehead atoms. The fraction of sp³-hybridized carbons (Fsp3) is 0.794. The number of hydrogen-bond acceptors (Lipinski definition) is 8. The molecule has 0 radical (unpaired) electrons. The molecule has 9 nitrogen and oxygen atoms in total. The summed E-state index contributed by atoms with van der Waals surface area (Å²) >= 11 is 0. The van der Waals surface area contributed by atoms with Crippen molar-refractivity contribution in [1.29, 1.82) is 0 Å². The molecular formula is C63H113NO8. The highest BCUT2D eigenvalue weighted by Crippen LogP contribution is 2.23. The number of unbranched alkanes of at least 4 members (excludes halogenated alkanes) is 31. The predicted octanol–water partition coefficient (Wildman–Crippen LogP) is 15.2. The summed E-state index contributed by atoms with van der Waals surface area (Å²) in [5, 5.41) is 54.6.